The van der Waals surface area contributed by atoms with Gasteiger partial charge in [-0.3, -0.25) is 14.3 Å². The molecule has 1 N–H and O–H groups in total. The van der Waals surface area contributed by atoms with E-state index in [0.29, 0.717) is 56.3 Å². The van der Waals surface area contributed by atoms with Crippen molar-refractivity contribution in [1.29, 1.82) is 0 Å². The molecule has 2 aliphatic rings. The third kappa shape index (κ3) is 4.71. The Morgan fingerprint density at radius 3 is 2.77 bits per heavy atom. The summed E-state index contributed by atoms with van der Waals surface area (Å²) in [7, 11) is 0. The minimum Gasteiger partial charge on any atom is -0.376 e. The zero-order chi connectivity index (χ0) is 21.8. The van der Waals surface area contributed by atoms with Crippen LogP contribution in [-0.2, 0) is 11.3 Å². The highest BCUT2D eigenvalue weighted by molar-refractivity contribution is 5.99. The summed E-state index contributed by atoms with van der Waals surface area (Å²) in [6, 6.07) is 5.42. The second kappa shape index (κ2) is 9.47. The van der Waals surface area contributed by atoms with Gasteiger partial charge in [0.1, 0.15) is 11.5 Å². The Morgan fingerprint density at radius 1 is 1.26 bits per heavy atom. The Morgan fingerprint density at radius 2 is 2.06 bits per heavy atom. The Kier molecular flexibility index (Phi) is 6.50. The van der Waals surface area contributed by atoms with E-state index in [-0.39, 0.29) is 17.9 Å². The highest BCUT2D eigenvalue weighted by Gasteiger charge is 2.27. The molecule has 2 amide bonds. The van der Waals surface area contributed by atoms with Gasteiger partial charge in [0.2, 0.25) is 0 Å². The maximum absolute atomic E-state index is 13.0. The monoisotopic (exact) mass is 426 g/mol. The number of hydrogen-bond acceptors (Lipinski definition) is 6. The van der Waals surface area contributed by atoms with Gasteiger partial charge in [-0.1, -0.05) is 0 Å². The number of anilines is 1. The van der Waals surface area contributed by atoms with E-state index >= 15 is 0 Å². The van der Waals surface area contributed by atoms with Gasteiger partial charge in [0.05, 0.1) is 17.4 Å². The van der Waals surface area contributed by atoms with Gasteiger partial charge in [0, 0.05) is 52.1 Å². The number of carbonyl (C=O) groups excluding carboxylic acids is 2. The number of carbonyl (C=O) groups is 2. The molecule has 166 valence electrons. The molecule has 2 aliphatic heterocycles. The lowest BCUT2D eigenvalue weighted by molar-refractivity contribution is 0.0733. The Balaban J connectivity index is 1.39. The molecule has 4 heterocycles. The van der Waals surface area contributed by atoms with E-state index < -0.39 is 0 Å². The second-order valence-electron chi connectivity index (χ2n) is 7.99. The maximum Gasteiger partial charge on any atom is 0.272 e. The predicted octanol–water partition coefficient (Wildman–Crippen LogP) is 1.48. The van der Waals surface area contributed by atoms with Crippen molar-refractivity contribution in [2.45, 2.75) is 39.3 Å². The highest BCUT2D eigenvalue weighted by atomic mass is 16.5. The number of nitrogens with one attached hydrogen (secondary N) is 1. The Hall–Kier alpha value is -2.94. The van der Waals surface area contributed by atoms with Gasteiger partial charge in [-0.15, -0.1) is 0 Å². The summed E-state index contributed by atoms with van der Waals surface area (Å²) in [5.41, 5.74) is 2.02. The largest absolute Gasteiger partial charge is 0.376 e. The molecular formula is C22H30N6O3. The van der Waals surface area contributed by atoms with Crippen LogP contribution >= 0.6 is 0 Å². The molecule has 9 nitrogen and oxygen atoms in total. The molecular weight excluding hydrogens is 396 g/mol. The fraction of sp³-hybridized carbons (Fsp3) is 0.545. The van der Waals surface area contributed by atoms with Gasteiger partial charge in [0.15, 0.2) is 0 Å². The normalized spacial score (nSPS) is 19.0. The Labute approximate surface area is 182 Å². The standard InChI is InChI=1S/C22H30N6O3/c1-3-28-19(14-16(2)25-28)22(30)27-11-9-26(10-12-27)20-18(7-4-8-23-20)21(29)24-15-17-6-5-13-31-17/h4,7-8,14,17H,3,5-6,9-13,15H2,1-2H3,(H,24,29). The molecule has 9 heteroatoms. The number of amides is 2. The number of piperazine rings is 1. The SMILES string of the molecule is CCn1nc(C)cc1C(=O)N1CCN(c2ncccc2C(=O)NCC2CCCO2)CC1. The molecule has 2 aromatic rings. The molecule has 0 aliphatic carbocycles. The average Bonchev–Trinajstić information content (AvgIpc) is 3.46. The van der Waals surface area contributed by atoms with Gasteiger partial charge >= 0.3 is 0 Å². The van der Waals surface area contributed by atoms with E-state index in [2.05, 4.69) is 20.3 Å². The van der Waals surface area contributed by atoms with Crippen LogP contribution in [-0.4, -0.2) is 76.9 Å². The number of nitrogens with zero attached hydrogens (tertiary/aromatic N) is 5. The molecule has 0 spiro atoms. The van der Waals surface area contributed by atoms with E-state index in [4.69, 9.17) is 4.74 Å². The summed E-state index contributed by atoms with van der Waals surface area (Å²) in [5, 5.41) is 7.36. The van der Waals surface area contributed by atoms with Crippen molar-refractivity contribution in [2.24, 2.45) is 0 Å². The lowest BCUT2D eigenvalue weighted by Crippen LogP contribution is -2.50. The third-order valence-corrected chi connectivity index (χ3v) is 5.83. The number of aryl methyl sites for hydroxylation is 2. The molecule has 31 heavy (non-hydrogen) atoms. The zero-order valence-electron chi connectivity index (χ0n) is 18.2. The zero-order valence-corrected chi connectivity index (χ0v) is 18.2. The van der Waals surface area contributed by atoms with Gasteiger partial charge in [0.25, 0.3) is 11.8 Å². The van der Waals surface area contributed by atoms with Crippen molar-refractivity contribution in [2.75, 3.05) is 44.2 Å². The van der Waals surface area contributed by atoms with Crippen LogP contribution < -0.4 is 10.2 Å². The summed E-state index contributed by atoms with van der Waals surface area (Å²) in [4.78, 5) is 34.2. The van der Waals surface area contributed by atoms with Gasteiger partial charge < -0.3 is 19.9 Å². The quantitative estimate of drug-likeness (QED) is 0.752. The molecule has 0 bridgehead atoms. The van der Waals surface area contributed by atoms with E-state index in [0.717, 1.165) is 25.1 Å². The minimum absolute atomic E-state index is 0.00218. The lowest BCUT2D eigenvalue weighted by Gasteiger charge is -2.36. The number of pyridine rings is 1. The van der Waals surface area contributed by atoms with Crippen LogP contribution in [0.1, 0.15) is 46.3 Å². The summed E-state index contributed by atoms with van der Waals surface area (Å²) in [5.74, 6) is 0.519. The van der Waals surface area contributed by atoms with Crippen molar-refractivity contribution in [3.63, 3.8) is 0 Å². The third-order valence-electron chi connectivity index (χ3n) is 5.83. The molecule has 0 saturated carbocycles. The molecule has 0 radical (unpaired) electrons. The van der Waals surface area contributed by atoms with Crippen LogP contribution in [0.2, 0.25) is 0 Å². The molecule has 1 unspecified atom stereocenters. The van der Waals surface area contributed by atoms with Crippen LogP contribution in [0.5, 0.6) is 0 Å². The van der Waals surface area contributed by atoms with Crippen molar-refractivity contribution in [3.05, 3.63) is 41.3 Å². The summed E-state index contributed by atoms with van der Waals surface area (Å²) in [6.45, 7) is 8.19. The molecule has 0 aromatic carbocycles. The van der Waals surface area contributed by atoms with E-state index in [1.165, 1.54) is 0 Å². The molecule has 2 saturated heterocycles. The number of rotatable bonds is 6. The average molecular weight is 427 g/mol. The first-order valence-corrected chi connectivity index (χ1v) is 11.0. The van der Waals surface area contributed by atoms with Crippen molar-refractivity contribution >= 4 is 17.6 Å². The van der Waals surface area contributed by atoms with Crippen LogP contribution in [0.25, 0.3) is 0 Å². The predicted molar refractivity (Wildman–Crippen MR) is 116 cm³/mol. The first-order valence-electron chi connectivity index (χ1n) is 11.0. The van der Waals surface area contributed by atoms with E-state index in [9.17, 15) is 9.59 Å². The Bertz CT molecular complexity index is 929. The molecule has 2 fully saturated rings. The molecule has 2 aromatic heterocycles. The first kappa shape index (κ1) is 21.3. The van der Waals surface area contributed by atoms with E-state index in [1.54, 1.807) is 23.0 Å². The lowest BCUT2D eigenvalue weighted by atomic mass is 10.2. The molecule has 4 rings (SSSR count). The van der Waals surface area contributed by atoms with Crippen LogP contribution in [0.3, 0.4) is 0 Å². The van der Waals surface area contributed by atoms with Crippen molar-refractivity contribution in [3.8, 4) is 0 Å². The smallest absolute Gasteiger partial charge is 0.272 e. The van der Waals surface area contributed by atoms with Crippen LogP contribution in [0.4, 0.5) is 5.82 Å². The highest BCUT2D eigenvalue weighted by Crippen LogP contribution is 2.20. The van der Waals surface area contributed by atoms with E-state index in [1.807, 2.05) is 24.8 Å². The van der Waals surface area contributed by atoms with Crippen LogP contribution in [0, 0.1) is 6.92 Å². The number of ether oxygens (including phenoxy) is 1. The van der Waals surface area contributed by atoms with Crippen molar-refractivity contribution in [1.82, 2.24) is 25.0 Å². The maximum atomic E-state index is 13.0. The number of hydrogen-bond donors (Lipinski definition) is 1. The fourth-order valence-corrected chi connectivity index (χ4v) is 4.18. The minimum atomic E-state index is -0.139. The summed E-state index contributed by atoms with van der Waals surface area (Å²) >= 11 is 0. The fourth-order valence-electron chi connectivity index (χ4n) is 4.18. The first-order chi connectivity index (χ1) is 15.1. The van der Waals surface area contributed by atoms with Crippen molar-refractivity contribution < 1.29 is 14.3 Å². The van der Waals surface area contributed by atoms with Crippen LogP contribution in [0.15, 0.2) is 24.4 Å². The van der Waals surface area contributed by atoms with Gasteiger partial charge in [-0.25, -0.2) is 4.98 Å². The molecule has 1 atom stereocenters. The topological polar surface area (TPSA) is 92.6 Å². The second-order valence-corrected chi connectivity index (χ2v) is 7.99. The number of aromatic nitrogens is 3. The van der Waals surface area contributed by atoms with Gasteiger partial charge in [-0.05, 0) is 44.9 Å². The summed E-state index contributed by atoms with van der Waals surface area (Å²) < 4.78 is 7.34. The van der Waals surface area contributed by atoms with Gasteiger partial charge in [-0.2, -0.15) is 5.10 Å². The summed E-state index contributed by atoms with van der Waals surface area (Å²) in [6.07, 6.45) is 3.82.